The Morgan fingerprint density at radius 1 is 1.39 bits per heavy atom. The van der Waals surface area contributed by atoms with E-state index in [1.54, 1.807) is 0 Å². The average Bonchev–Trinajstić information content (AvgIpc) is 2.41. The summed E-state index contributed by atoms with van der Waals surface area (Å²) in [5.74, 6) is -0.505. The highest BCUT2D eigenvalue weighted by atomic mass is 32.2. The number of nitro benzene ring substituents is 1. The fraction of sp³-hybridized carbons (Fsp3) is 0.400. The van der Waals surface area contributed by atoms with Gasteiger partial charge in [-0.1, -0.05) is 0 Å². The maximum Gasteiger partial charge on any atom is 0.316 e. The van der Waals surface area contributed by atoms with Gasteiger partial charge in [-0.05, 0) is 0 Å². The van der Waals surface area contributed by atoms with Crippen LogP contribution in [0.3, 0.4) is 0 Å². The van der Waals surface area contributed by atoms with E-state index >= 15 is 0 Å². The molecule has 0 bridgehead atoms. The van der Waals surface area contributed by atoms with Crippen molar-refractivity contribution in [3.8, 4) is 11.5 Å². The van der Waals surface area contributed by atoms with Crippen molar-refractivity contribution in [2.45, 2.75) is 11.0 Å². The van der Waals surface area contributed by atoms with Crippen molar-refractivity contribution < 1.29 is 35.4 Å². The summed E-state index contributed by atoms with van der Waals surface area (Å²) in [6.07, 6.45) is -0.0814. The maximum absolute atomic E-state index is 11.3. The van der Waals surface area contributed by atoms with Gasteiger partial charge in [0.2, 0.25) is 15.8 Å². The van der Waals surface area contributed by atoms with Gasteiger partial charge in [0, 0.05) is 12.1 Å². The Kier molecular flexibility index (Phi) is 4.48. The van der Waals surface area contributed by atoms with Crippen molar-refractivity contribution >= 4 is 25.8 Å². The van der Waals surface area contributed by atoms with Gasteiger partial charge in [0.1, 0.15) is 13.2 Å². The van der Waals surface area contributed by atoms with Crippen molar-refractivity contribution in [2.75, 3.05) is 19.5 Å². The molecule has 0 saturated carbocycles. The Balaban J connectivity index is 2.37. The summed E-state index contributed by atoms with van der Waals surface area (Å²) in [6, 6.07) is 1.72. The highest BCUT2D eigenvalue weighted by molar-refractivity contribution is 7.89. The molecule has 1 aliphatic rings. The molecule has 0 amide bonds. The molecule has 2 N–H and O–H groups in total. The second-order valence-corrected chi connectivity index (χ2v) is 7.82. The highest BCUT2D eigenvalue weighted by Crippen LogP contribution is 2.42. The lowest BCUT2D eigenvalue weighted by Crippen LogP contribution is -2.34. The van der Waals surface area contributed by atoms with E-state index in [4.69, 9.17) is 14.6 Å². The van der Waals surface area contributed by atoms with E-state index in [1.807, 2.05) is 0 Å². The molecule has 23 heavy (non-hydrogen) atoms. The van der Waals surface area contributed by atoms with Crippen LogP contribution in [0.1, 0.15) is 0 Å². The number of benzene rings is 1. The lowest BCUT2D eigenvalue weighted by molar-refractivity contribution is -0.386. The number of hydrogen-bond donors (Lipinski definition) is 1. The fourth-order valence-electron chi connectivity index (χ4n) is 1.75. The monoisotopic (exact) mass is 368 g/mol. The number of fused-ring (bicyclic) bond motifs is 1. The third kappa shape index (κ3) is 4.28. The van der Waals surface area contributed by atoms with Crippen LogP contribution in [0.5, 0.6) is 11.5 Å². The van der Waals surface area contributed by atoms with Gasteiger partial charge in [-0.3, -0.25) is 14.3 Å². The van der Waals surface area contributed by atoms with E-state index < -0.39 is 48.4 Å². The summed E-state index contributed by atoms with van der Waals surface area (Å²) in [5.41, 5.74) is -0.671. The van der Waals surface area contributed by atoms with Crippen LogP contribution in [0, 0.1) is 10.1 Å². The highest BCUT2D eigenvalue weighted by Gasteiger charge is 2.32. The fourth-order valence-corrected chi connectivity index (χ4v) is 2.70. The third-order valence-corrected chi connectivity index (χ3v) is 4.17. The van der Waals surface area contributed by atoms with Crippen molar-refractivity contribution in [1.82, 2.24) is 0 Å². The third-order valence-electron chi connectivity index (χ3n) is 2.71. The van der Waals surface area contributed by atoms with Crippen LogP contribution >= 0.6 is 0 Å². The molecular formula is C10H12N2O9S2. The van der Waals surface area contributed by atoms with E-state index in [9.17, 15) is 26.9 Å². The molecule has 11 nitrogen and oxygen atoms in total. The summed E-state index contributed by atoms with van der Waals surface area (Å²) in [5, 5.41) is 16.0. The molecule has 0 aromatic heterocycles. The zero-order chi connectivity index (χ0) is 17.4. The first-order valence-corrected chi connectivity index (χ1v) is 9.33. The molecule has 1 aromatic rings. The van der Waals surface area contributed by atoms with E-state index in [0.717, 1.165) is 18.4 Å². The van der Waals surface area contributed by atoms with Crippen molar-refractivity contribution in [1.29, 1.82) is 0 Å². The molecule has 1 aliphatic heterocycles. The molecule has 2 rings (SSSR count). The number of ether oxygens (including phenoxy) is 2. The Labute approximate surface area is 131 Å². The molecular weight excluding hydrogens is 356 g/mol. The lowest BCUT2D eigenvalue weighted by Gasteiger charge is -2.25. The van der Waals surface area contributed by atoms with Crippen LogP contribution in [0.4, 0.5) is 5.69 Å². The predicted molar refractivity (Wildman–Crippen MR) is 75.2 cm³/mol. The Morgan fingerprint density at radius 2 is 2.04 bits per heavy atom. The van der Waals surface area contributed by atoms with Crippen LogP contribution in [-0.4, -0.2) is 47.3 Å². The van der Waals surface area contributed by atoms with E-state index in [0.29, 0.717) is 0 Å². The first-order chi connectivity index (χ1) is 10.5. The molecule has 0 saturated heterocycles. The van der Waals surface area contributed by atoms with Crippen molar-refractivity contribution in [3.63, 3.8) is 0 Å². The molecule has 1 heterocycles. The van der Waals surface area contributed by atoms with Gasteiger partial charge in [-0.2, -0.15) is 8.42 Å². The normalized spacial score (nSPS) is 17.7. The second-order valence-electron chi connectivity index (χ2n) is 4.61. The number of primary sulfonamides is 1. The van der Waals surface area contributed by atoms with Crippen LogP contribution in [0.15, 0.2) is 17.0 Å². The predicted octanol–water partition coefficient (Wildman–Crippen LogP) is -0.642. The molecule has 0 radical (unpaired) electrons. The quantitative estimate of drug-likeness (QED) is 0.404. The number of sulfonamides is 1. The molecule has 0 unspecified atom stereocenters. The largest absolute Gasteiger partial charge is 0.485 e. The molecule has 0 fully saturated rings. The average molecular weight is 368 g/mol. The van der Waals surface area contributed by atoms with Crippen molar-refractivity contribution in [2.24, 2.45) is 5.14 Å². The molecule has 0 aliphatic carbocycles. The Morgan fingerprint density at radius 3 is 2.57 bits per heavy atom. The van der Waals surface area contributed by atoms with Gasteiger partial charge in [-0.15, -0.1) is 0 Å². The summed E-state index contributed by atoms with van der Waals surface area (Å²) >= 11 is 0. The number of rotatable bonds is 5. The summed E-state index contributed by atoms with van der Waals surface area (Å²) in [4.78, 5) is 9.72. The summed E-state index contributed by atoms with van der Waals surface area (Å²) < 4.78 is 59.6. The van der Waals surface area contributed by atoms with Gasteiger partial charge in [0.15, 0.2) is 11.9 Å². The van der Waals surface area contributed by atoms with Crippen LogP contribution in [0.25, 0.3) is 0 Å². The molecule has 1 atom stereocenters. The summed E-state index contributed by atoms with van der Waals surface area (Å²) in [6.45, 7) is -0.597. The zero-order valence-corrected chi connectivity index (χ0v) is 13.3. The van der Waals surface area contributed by atoms with Gasteiger partial charge in [0.25, 0.3) is 10.1 Å². The number of hydrogen-bond acceptors (Lipinski definition) is 9. The van der Waals surface area contributed by atoms with Gasteiger partial charge in [0.05, 0.1) is 16.1 Å². The van der Waals surface area contributed by atoms with Crippen molar-refractivity contribution in [3.05, 3.63) is 22.2 Å². The van der Waals surface area contributed by atoms with Crippen LogP contribution in [-0.2, 0) is 24.3 Å². The maximum atomic E-state index is 11.3. The van der Waals surface area contributed by atoms with Gasteiger partial charge < -0.3 is 9.47 Å². The topological polar surface area (TPSA) is 165 Å². The minimum absolute atomic E-state index is 0.182. The van der Waals surface area contributed by atoms with Gasteiger partial charge >= 0.3 is 5.69 Å². The molecule has 1 aromatic carbocycles. The summed E-state index contributed by atoms with van der Waals surface area (Å²) in [7, 11) is -7.90. The standard InChI is InChI=1S/C10H12N2O9S2/c1-22(15,16)20-5-6-4-19-9-3-7(23(11,17)18)2-8(12(13)14)10(9)21-6/h2-3,6H,4-5H2,1H3,(H2,11,17,18)/t6-/m1/s1. The Hall–Kier alpha value is -1.96. The number of nitro groups is 1. The van der Waals surface area contributed by atoms with Crippen LogP contribution < -0.4 is 14.6 Å². The minimum Gasteiger partial charge on any atom is -0.485 e. The lowest BCUT2D eigenvalue weighted by atomic mass is 10.2. The Bertz CT molecular complexity index is 847. The van der Waals surface area contributed by atoms with E-state index in [1.165, 1.54) is 0 Å². The van der Waals surface area contributed by atoms with Crippen LogP contribution in [0.2, 0.25) is 0 Å². The smallest absolute Gasteiger partial charge is 0.316 e. The first kappa shape index (κ1) is 17.4. The minimum atomic E-state index is -4.18. The number of nitrogens with zero attached hydrogens (tertiary/aromatic N) is 1. The van der Waals surface area contributed by atoms with E-state index in [2.05, 4.69) is 4.18 Å². The van der Waals surface area contributed by atoms with E-state index in [-0.39, 0.29) is 18.1 Å². The molecule has 13 heteroatoms. The number of nitrogens with two attached hydrogens (primary N) is 1. The zero-order valence-electron chi connectivity index (χ0n) is 11.7. The SMILES string of the molecule is CS(=O)(=O)OC[C@H]1COc2cc(S(N)(=O)=O)cc([N+](=O)[O-])c2O1. The molecule has 128 valence electrons. The first-order valence-electron chi connectivity index (χ1n) is 5.96. The van der Waals surface area contributed by atoms with Gasteiger partial charge in [-0.25, -0.2) is 13.6 Å². The molecule has 0 spiro atoms. The second kappa shape index (κ2) is 5.92.